The average molecular weight is 286 g/mol. The Kier molecular flexibility index (Phi) is 3.97. The molecule has 4 heteroatoms. The van der Waals surface area contributed by atoms with Crippen LogP contribution in [0, 0.1) is 0 Å². The van der Waals surface area contributed by atoms with Gasteiger partial charge in [-0.05, 0) is 50.4 Å². The molecule has 0 radical (unpaired) electrons. The van der Waals surface area contributed by atoms with Crippen molar-refractivity contribution in [2.45, 2.75) is 38.3 Å². The zero-order chi connectivity index (χ0) is 14.8. The molecular weight excluding hydrogens is 264 g/mol. The highest BCUT2D eigenvalue weighted by molar-refractivity contribution is 6.00. The molecule has 0 aromatic heterocycles. The molecule has 3 rings (SSSR count). The van der Waals surface area contributed by atoms with Gasteiger partial charge in [-0.2, -0.15) is 0 Å². The highest BCUT2D eigenvalue weighted by Crippen LogP contribution is 2.35. The number of amides is 1. The third-order valence-electron chi connectivity index (χ3n) is 4.19. The van der Waals surface area contributed by atoms with Crippen LogP contribution in [0.5, 0.6) is 5.75 Å². The van der Waals surface area contributed by atoms with Crippen LogP contribution in [0.3, 0.4) is 0 Å². The molecule has 1 aromatic carbocycles. The number of anilines is 1. The summed E-state index contributed by atoms with van der Waals surface area (Å²) >= 11 is 0. The number of carbonyl (C=O) groups excluding carboxylic acids is 1. The minimum absolute atomic E-state index is 0.00135. The smallest absolute Gasteiger partial charge is 0.268 e. The summed E-state index contributed by atoms with van der Waals surface area (Å²) in [5, 5.41) is 3.51. The number of hydrogen-bond acceptors (Lipinski definition) is 3. The lowest BCUT2D eigenvalue weighted by atomic mass is 10.0. The van der Waals surface area contributed by atoms with Crippen LogP contribution in [0.1, 0.15) is 25.3 Å². The largest absolute Gasteiger partial charge is 0.479 e. The summed E-state index contributed by atoms with van der Waals surface area (Å²) in [7, 11) is 0. The van der Waals surface area contributed by atoms with E-state index in [4.69, 9.17) is 4.74 Å². The van der Waals surface area contributed by atoms with Crippen molar-refractivity contribution in [2.75, 3.05) is 18.0 Å². The minimum Gasteiger partial charge on any atom is -0.479 e. The van der Waals surface area contributed by atoms with E-state index >= 15 is 0 Å². The van der Waals surface area contributed by atoms with Crippen LogP contribution in [0.4, 0.5) is 5.69 Å². The van der Waals surface area contributed by atoms with Crippen LogP contribution in [0.25, 0.3) is 0 Å². The second-order valence-corrected chi connectivity index (χ2v) is 5.80. The van der Waals surface area contributed by atoms with Crippen LogP contribution in [-0.2, 0) is 11.2 Å². The molecule has 1 aromatic rings. The lowest BCUT2D eigenvalue weighted by Crippen LogP contribution is -2.44. The first-order valence-electron chi connectivity index (χ1n) is 7.64. The van der Waals surface area contributed by atoms with Crippen molar-refractivity contribution >= 4 is 11.6 Å². The molecule has 1 saturated heterocycles. The third-order valence-corrected chi connectivity index (χ3v) is 4.19. The molecule has 2 heterocycles. The van der Waals surface area contributed by atoms with Crippen LogP contribution >= 0.6 is 0 Å². The monoisotopic (exact) mass is 286 g/mol. The third kappa shape index (κ3) is 2.81. The van der Waals surface area contributed by atoms with E-state index in [0.29, 0.717) is 12.6 Å². The molecule has 2 atom stereocenters. The maximum absolute atomic E-state index is 12.3. The van der Waals surface area contributed by atoms with Gasteiger partial charge < -0.3 is 15.0 Å². The first kappa shape index (κ1) is 14.1. The van der Waals surface area contributed by atoms with Crippen molar-refractivity contribution in [1.82, 2.24) is 5.32 Å². The quantitative estimate of drug-likeness (QED) is 0.863. The van der Waals surface area contributed by atoms with Crippen molar-refractivity contribution in [2.24, 2.45) is 0 Å². The highest BCUT2D eigenvalue weighted by Gasteiger charge is 2.31. The first-order valence-corrected chi connectivity index (χ1v) is 7.64. The number of benzene rings is 1. The van der Waals surface area contributed by atoms with E-state index in [1.165, 1.54) is 18.4 Å². The van der Waals surface area contributed by atoms with Gasteiger partial charge in [-0.3, -0.25) is 4.79 Å². The fraction of sp³-hybridized carbons (Fsp3) is 0.471. The van der Waals surface area contributed by atoms with Crippen molar-refractivity contribution in [3.63, 3.8) is 0 Å². The van der Waals surface area contributed by atoms with Gasteiger partial charge in [-0.25, -0.2) is 0 Å². The standard InChI is InChI=1S/C17H22N2O2/c1-3-9-19-15-11-13(10-14-5-4-8-18-14)6-7-16(15)21-12(2)17(19)20/h3,6-7,11-12,14,18H,1,4-5,8-10H2,2H3. The molecule has 0 saturated carbocycles. The normalized spacial score (nSPS) is 24.6. The van der Waals surface area contributed by atoms with E-state index < -0.39 is 6.10 Å². The Balaban J connectivity index is 1.87. The van der Waals surface area contributed by atoms with E-state index in [9.17, 15) is 4.79 Å². The molecule has 2 aliphatic heterocycles. The summed E-state index contributed by atoms with van der Waals surface area (Å²) in [6.45, 7) is 7.16. The Morgan fingerprint density at radius 3 is 3.10 bits per heavy atom. The Morgan fingerprint density at radius 2 is 2.38 bits per heavy atom. The zero-order valence-electron chi connectivity index (χ0n) is 12.5. The SMILES string of the molecule is C=CCN1C(=O)C(C)Oc2ccc(CC3CCCN3)cc21. The number of hydrogen-bond donors (Lipinski definition) is 1. The Labute approximate surface area is 125 Å². The second kappa shape index (κ2) is 5.90. The topological polar surface area (TPSA) is 41.6 Å². The number of fused-ring (bicyclic) bond motifs is 1. The molecule has 1 fully saturated rings. The van der Waals surface area contributed by atoms with Gasteiger partial charge in [0.15, 0.2) is 6.10 Å². The highest BCUT2D eigenvalue weighted by atomic mass is 16.5. The van der Waals surface area contributed by atoms with Crippen molar-refractivity contribution in [3.8, 4) is 5.75 Å². The van der Waals surface area contributed by atoms with E-state index in [0.717, 1.165) is 24.4 Å². The van der Waals surface area contributed by atoms with Crippen molar-refractivity contribution in [3.05, 3.63) is 36.4 Å². The number of ether oxygens (including phenoxy) is 1. The second-order valence-electron chi connectivity index (χ2n) is 5.80. The number of nitrogens with one attached hydrogen (secondary N) is 1. The van der Waals surface area contributed by atoms with E-state index in [2.05, 4.69) is 24.0 Å². The number of nitrogens with zero attached hydrogens (tertiary/aromatic N) is 1. The summed E-state index contributed by atoms with van der Waals surface area (Å²) in [5.74, 6) is 0.783. The minimum atomic E-state index is -0.431. The van der Waals surface area contributed by atoms with E-state index in [-0.39, 0.29) is 5.91 Å². The van der Waals surface area contributed by atoms with Gasteiger partial charge in [0.2, 0.25) is 0 Å². The van der Waals surface area contributed by atoms with Crippen LogP contribution in [0.15, 0.2) is 30.9 Å². The number of carbonyl (C=O) groups is 1. The Bertz CT molecular complexity index is 550. The molecule has 2 unspecified atom stereocenters. The predicted octanol–water partition coefficient (Wildman–Crippen LogP) is 2.28. The molecule has 1 N–H and O–H groups in total. The van der Waals surface area contributed by atoms with Gasteiger partial charge in [-0.1, -0.05) is 12.1 Å². The van der Waals surface area contributed by atoms with Gasteiger partial charge in [-0.15, -0.1) is 6.58 Å². The summed E-state index contributed by atoms with van der Waals surface area (Å²) in [6.07, 6.45) is 4.79. The molecule has 21 heavy (non-hydrogen) atoms. The molecule has 0 bridgehead atoms. The van der Waals surface area contributed by atoms with Crippen LogP contribution in [0.2, 0.25) is 0 Å². The van der Waals surface area contributed by atoms with Crippen molar-refractivity contribution < 1.29 is 9.53 Å². The molecule has 112 valence electrons. The Morgan fingerprint density at radius 1 is 1.52 bits per heavy atom. The molecule has 4 nitrogen and oxygen atoms in total. The van der Waals surface area contributed by atoms with Gasteiger partial charge in [0.05, 0.1) is 5.69 Å². The van der Waals surface area contributed by atoms with Gasteiger partial charge in [0.25, 0.3) is 5.91 Å². The molecule has 1 amide bonds. The van der Waals surface area contributed by atoms with Gasteiger partial charge >= 0.3 is 0 Å². The van der Waals surface area contributed by atoms with Gasteiger partial charge in [0.1, 0.15) is 5.75 Å². The van der Waals surface area contributed by atoms with E-state index in [1.807, 2.05) is 6.07 Å². The lowest BCUT2D eigenvalue weighted by Gasteiger charge is -2.32. The Hall–Kier alpha value is -1.81. The zero-order valence-corrected chi connectivity index (χ0v) is 12.5. The fourth-order valence-electron chi connectivity index (χ4n) is 3.11. The maximum atomic E-state index is 12.3. The number of rotatable bonds is 4. The molecular formula is C17H22N2O2. The average Bonchev–Trinajstić information content (AvgIpc) is 2.97. The summed E-state index contributed by atoms with van der Waals surface area (Å²) in [4.78, 5) is 14.0. The maximum Gasteiger partial charge on any atom is 0.268 e. The van der Waals surface area contributed by atoms with E-state index in [1.54, 1.807) is 17.9 Å². The summed E-state index contributed by atoms with van der Waals surface area (Å²) in [5.41, 5.74) is 2.11. The molecule has 0 spiro atoms. The summed E-state index contributed by atoms with van der Waals surface area (Å²) in [6, 6.07) is 6.73. The van der Waals surface area contributed by atoms with Crippen LogP contribution in [-0.4, -0.2) is 31.1 Å². The summed E-state index contributed by atoms with van der Waals surface area (Å²) < 4.78 is 5.70. The lowest BCUT2D eigenvalue weighted by molar-refractivity contribution is -0.125. The van der Waals surface area contributed by atoms with Crippen molar-refractivity contribution in [1.29, 1.82) is 0 Å². The van der Waals surface area contributed by atoms with Crippen LogP contribution < -0.4 is 15.0 Å². The molecule has 2 aliphatic rings. The van der Waals surface area contributed by atoms with Gasteiger partial charge in [0, 0.05) is 12.6 Å². The first-order chi connectivity index (χ1) is 10.2. The molecule has 0 aliphatic carbocycles. The predicted molar refractivity (Wildman–Crippen MR) is 83.8 cm³/mol. The fourth-order valence-corrected chi connectivity index (χ4v) is 3.11.